The van der Waals surface area contributed by atoms with E-state index in [0.717, 1.165) is 10.9 Å². The number of nitrogens with zero attached hydrogens (tertiary/aromatic N) is 1. The molecule has 0 fully saturated rings. The summed E-state index contributed by atoms with van der Waals surface area (Å²) in [6.07, 6.45) is 0.524. The number of hydrogen-bond acceptors (Lipinski definition) is 2. The second-order valence-electron chi connectivity index (χ2n) is 6.72. The number of carbonyl (C=O) groups excluding carboxylic acids is 1. The van der Waals surface area contributed by atoms with E-state index in [1.165, 1.54) is 0 Å². The molecule has 4 aromatic rings. The highest BCUT2D eigenvalue weighted by atomic mass is 35.5. The van der Waals surface area contributed by atoms with Crippen LogP contribution in [-0.4, -0.2) is 10.9 Å². The molecule has 0 aliphatic carbocycles. The zero-order chi connectivity index (χ0) is 20.2. The van der Waals surface area contributed by atoms with Gasteiger partial charge in [-0.1, -0.05) is 60.1 Å². The Kier molecular flexibility index (Phi) is 5.54. The lowest BCUT2D eigenvalue weighted by atomic mass is 9.97. The molecule has 29 heavy (non-hydrogen) atoms. The van der Waals surface area contributed by atoms with Crippen LogP contribution < -0.4 is 5.32 Å². The van der Waals surface area contributed by atoms with Crippen LogP contribution in [0.4, 0.5) is 10.1 Å². The molecule has 0 spiro atoms. The van der Waals surface area contributed by atoms with Gasteiger partial charge in [0.1, 0.15) is 6.17 Å². The number of fused-ring (bicyclic) bond motifs is 1. The predicted molar refractivity (Wildman–Crippen MR) is 115 cm³/mol. The van der Waals surface area contributed by atoms with Crippen molar-refractivity contribution in [1.82, 2.24) is 4.98 Å². The summed E-state index contributed by atoms with van der Waals surface area (Å²) >= 11 is 5.90. The van der Waals surface area contributed by atoms with Crippen LogP contribution in [0.2, 0.25) is 5.02 Å². The molecule has 3 aromatic carbocycles. The van der Waals surface area contributed by atoms with Crippen molar-refractivity contribution in [2.45, 2.75) is 12.6 Å². The summed E-state index contributed by atoms with van der Waals surface area (Å²) in [6.45, 7) is 0. The Morgan fingerprint density at radius 3 is 2.55 bits per heavy atom. The maximum absolute atomic E-state index is 15.1. The molecule has 1 heterocycles. The van der Waals surface area contributed by atoms with Crippen molar-refractivity contribution in [2.24, 2.45) is 0 Å². The zero-order valence-electron chi connectivity index (χ0n) is 15.5. The number of anilines is 1. The van der Waals surface area contributed by atoms with Crippen LogP contribution in [0.25, 0.3) is 10.9 Å². The average molecular weight is 405 g/mol. The number of pyridine rings is 1. The van der Waals surface area contributed by atoms with Gasteiger partial charge in [0.05, 0.1) is 11.2 Å². The summed E-state index contributed by atoms with van der Waals surface area (Å²) in [5.74, 6) is -0.363. The lowest BCUT2D eigenvalue weighted by molar-refractivity contribution is 0.102. The van der Waals surface area contributed by atoms with E-state index in [1.807, 2.05) is 24.3 Å². The molecule has 4 rings (SSSR count). The summed E-state index contributed by atoms with van der Waals surface area (Å²) in [7, 11) is 0. The molecule has 1 aromatic heterocycles. The van der Waals surface area contributed by atoms with E-state index >= 15 is 4.39 Å². The van der Waals surface area contributed by atoms with Crippen LogP contribution in [0.15, 0.2) is 85.1 Å². The minimum Gasteiger partial charge on any atom is -0.320 e. The molecule has 0 saturated carbocycles. The smallest absolute Gasteiger partial charge is 0.256 e. The van der Waals surface area contributed by atoms with Crippen molar-refractivity contribution >= 4 is 34.1 Å². The van der Waals surface area contributed by atoms with Gasteiger partial charge in [0, 0.05) is 28.6 Å². The van der Waals surface area contributed by atoms with Gasteiger partial charge in [0.2, 0.25) is 0 Å². The summed E-state index contributed by atoms with van der Waals surface area (Å²) in [6, 6.07) is 23.1. The molecule has 144 valence electrons. The second kappa shape index (κ2) is 8.41. The molecular weight excluding hydrogens is 387 g/mol. The van der Waals surface area contributed by atoms with Gasteiger partial charge in [-0.3, -0.25) is 9.78 Å². The summed E-state index contributed by atoms with van der Waals surface area (Å²) in [4.78, 5) is 17.3. The largest absolute Gasteiger partial charge is 0.320 e. The molecule has 3 nitrogen and oxygen atoms in total. The van der Waals surface area contributed by atoms with E-state index in [4.69, 9.17) is 11.6 Å². The Bertz CT molecular complexity index is 1160. The minimum atomic E-state index is -1.32. The third-order valence-electron chi connectivity index (χ3n) is 4.75. The van der Waals surface area contributed by atoms with E-state index in [9.17, 15) is 4.79 Å². The highest BCUT2D eigenvalue weighted by Crippen LogP contribution is 2.28. The van der Waals surface area contributed by atoms with E-state index in [1.54, 1.807) is 60.8 Å². The number of rotatable bonds is 5. The fourth-order valence-electron chi connectivity index (χ4n) is 3.31. The van der Waals surface area contributed by atoms with Crippen LogP contribution in [0.5, 0.6) is 0 Å². The number of amides is 1. The first-order valence-electron chi connectivity index (χ1n) is 9.24. The highest BCUT2D eigenvalue weighted by Gasteiger charge is 2.19. The highest BCUT2D eigenvalue weighted by molar-refractivity contribution is 6.30. The maximum atomic E-state index is 15.1. The molecular formula is C24H18ClFN2O. The van der Waals surface area contributed by atoms with E-state index in [2.05, 4.69) is 10.3 Å². The molecule has 5 heteroatoms. The van der Waals surface area contributed by atoms with Crippen LogP contribution in [0.1, 0.15) is 27.7 Å². The zero-order valence-corrected chi connectivity index (χ0v) is 16.2. The number of nitrogens with one attached hydrogen (secondary N) is 1. The molecule has 0 aliphatic heterocycles. The molecule has 0 bridgehead atoms. The minimum absolute atomic E-state index is 0.164. The molecule has 0 saturated heterocycles. The third-order valence-corrected chi connectivity index (χ3v) is 5.00. The third kappa shape index (κ3) is 4.28. The quantitative estimate of drug-likeness (QED) is 0.418. The van der Waals surface area contributed by atoms with Crippen LogP contribution in [-0.2, 0) is 6.42 Å². The number of hydrogen-bond donors (Lipinski definition) is 1. The van der Waals surface area contributed by atoms with Gasteiger partial charge in [-0.2, -0.15) is 0 Å². The summed E-state index contributed by atoms with van der Waals surface area (Å²) in [5.41, 5.74) is 2.76. The first-order chi connectivity index (χ1) is 14.1. The predicted octanol–water partition coefficient (Wildman–Crippen LogP) is 6.39. The SMILES string of the molecule is O=C(Nc1cccc2cccnc12)c1ccccc1C(F)Cc1ccc(Cl)cc1. The number of halogens is 2. The van der Waals surface area contributed by atoms with E-state index < -0.39 is 6.17 Å². The van der Waals surface area contributed by atoms with Crippen molar-refractivity contribution < 1.29 is 9.18 Å². The molecule has 1 amide bonds. The Balaban J connectivity index is 1.60. The number of benzene rings is 3. The first-order valence-corrected chi connectivity index (χ1v) is 9.62. The molecule has 1 atom stereocenters. The van der Waals surface area contributed by atoms with Crippen molar-refractivity contribution in [3.8, 4) is 0 Å². The van der Waals surface area contributed by atoms with Crippen LogP contribution >= 0.6 is 11.6 Å². The second-order valence-corrected chi connectivity index (χ2v) is 7.16. The van der Waals surface area contributed by atoms with E-state index in [-0.39, 0.29) is 12.3 Å². The van der Waals surface area contributed by atoms with Gasteiger partial charge in [-0.05, 0) is 41.5 Å². The lowest BCUT2D eigenvalue weighted by Crippen LogP contribution is -2.16. The lowest BCUT2D eigenvalue weighted by Gasteiger charge is -2.15. The molecule has 0 radical (unpaired) electrons. The Labute approximate surface area is 173 Å². The van der Waals surface area contributed by atoms with Gasteiger partial charge in [0.15, 0.2) is 0 Å². The van der Waals surface area contributed by atoms with Gasteiger partial charge in [0.25, 0.3) is 5.91 Å². The number of alkyl halides is 1. The number of carbonyl (C=O) groups is 1. The van der Waals surface area contributed by atoms with Crippen molar-refractivity contribution in [3.63, 3.8) is 0 Å². The first kappa shape index (κ1) is 19.1. The molecule has 1 N–H and O–H groups in total. The van der Waals surface area contributed by atoms with Crippen molar-refractivity contribution in [2.75, 3.05) is 5.32 Å². The fourth-order valence-corrected chi connectivity index (χ4v) is 3.44. The van der Waals surface area contributed by atoms with Gasteiger partial charge >= 0.3 is 0 Å². The monoisotopic (exact) mass is 404 g/mol. The number of para-hydroxylation sites is 1. The fraction of sp³-hybridized carbons (Fsp3) is 0.0833. The summed E-state index contributed by atoms with van der Waals surface area (Å²) < 4.78 is 15.1. The Morgan fingerprint density at radius 2 is 1.72 bits per heavy atom. The maximum Gasteiger partial charge on any atom is 0.256 e. The van der Waals surface area contributed by atoms with Gasteiger partial charge in [-0.15, -0.1) is 0 Å². The Morgan fingerprint density at radius 1 is 0.966 bits per heavy atom. The van der Waals surface area contributed by atoms with Crippen molar-refractivity contribution in [1.29, 1.82) is 0 Å². The standard InChI is InChI=1S/C24H18ClFN2O/c25-18-12-10-16(11-13-18)15-21(26)19-7-1-2-8-20(19)24(29)28-22-9-3-5-17-6-4-14-27-23(17)22/h1-14,21H,15H2,(H,28,29). The van der Waals surface area contributed by atoms with Gasteiger partial charge in [-0.25, -0.2) is 4.39 Å². The molecule has 0 aliphatic rings. The summed E-state index contributed by atoms with van der Waals surface area (Å²) in [5, 5.41) is 4.41. The average Bonchev–Trinajstić information content (AvgIpc) is 2.75. The topological polar surface area (TPSA) is 42.0 Å². The van der Waals surface area contributed by atoms with Crippen LogP contribution in [0, 0.1) is 0 Å². The Hall–Kier alpha value is -3.24. The molecule has 1 unspecified atom stereocenters. The van der Waals surface area contributed by atoms with Crippen molar-refractivity contribution in [3.05, 3.63) is 107 Å². The van der Waals surface area contributed by atoms with Gasteiger partial charge < -0.3 is 5.32 Å². The normalized spacial score (nSPS) is 11.9. The van der Waals surface area contributed by atoms with Crippen LogP contribution in [0.3, 0.4) is 0 Å². The number of aromatic nitrogens is 1. The van der Waals surface area contributed by atoms with E-state index in [0.29, 0.717) is 27.4 Å².